The van der Waals surface area contributed by atoms with Crippen LogP contribution in [-0.4, -0.2) is 283 Å². The number of pyridine rings is 1. The molecule has 3 atom stereocenters. The van der Waals surface area contributed by atoms with Gasteiger partial charge < -0.3 is 55.9 Å². The van der Waals surface area contributed by atoms with E-state index in [-0.39, 0.29) is 123 Å². The normalized spacial score (nSPS) is 17.8. The van der Waals surface area contributed by atoms with E-state index in [9.17, 15) is 72.0 Å². The fraction of sp³-hybridized carbons (Fsp3) is 0.578. The number of carboxylic acid groups (broad SMARTS) is 3. The number of hydrogen-bond donors (Lipinski definition) is 7. The van der Waals surface area contributed by atoms with Gasteiger partial charge in [0.05, 0.1) is 76.5 Å². The van der Waals surface area contributed by atoms with Gasteiger partial charge in [-0.05, 0) is 82.2 Å². The zero-order chi connectivity index (χ0) is 67.6. The summed E-state index contributed by atoms with van der Waals surface area (Å²) in [5.41, 5.74) is 3.37. The molecule has 0 spiro atoms. The van der Waals surface area contributed by atoms with Crippen LogP contribution < -0.4 is 26.0 Å². The Kier molecular flexibility index (Phi) is 29.2. The minimum absolute atomic E-state index is 0.0541. The number of rotatable bonds is 32. The van der Waals surface area contributed by atoms with Crippen LogP contribution in [0.5, 0.6) is 5.75 Å². The number of fused-ring (bicyclic) bond motifs is 1. The summed E-state index contributed by atoms with van der Waals surface area (Å²) in [6, 6.07) is 11.2. The van der Waals surface area contributed by atoms with E-state index >= 15 is 0 Å². The second-order valence-corrected chi connectivity index (χ2v) is 24.0. The molecule has 3 aliphatic heterocycles. The monoisotopic (exact) mass is 1300 g/mol. The Labute approximate surface area is 540 Å². The number of esters is 1. The number of alkyl halides is 2. The van der Waals surface area contributed by atoms with Crippen LogP contribution in [0.2, 0.25) is 0 Å². The molecule has 3 fully saturated rings. The van der Waals surface area contributed by atoms with Gasteiger partial charge in [-0.2, -0.15) is 0 Å². The summed E-state index contributed by atoms with van der Waals surface area (Å²) in [7, 11) is 1.15. The number of methoxy groups -OCH3 is 1. The number of amides is 6. The van der Waals surface area contributed by atoms with Gasteiger partial charge in [-0.3, -0.25) is 77.4 Å². The predicted molar refractivity (Wildman–Crippen MR) is 337 cm³/mol. The Balaban J connectivity index is 1.05. The number of hydrogen-bond acceptors (Lipinski definition) is 18. The number of carboxylic acids is 3. The number of aliphatic carboxylic acids is 3. The van der Waals surface area contributed by atoms with Gasteiger partial charge in [0.25, 0.3) is 11.8 Å². The van der Waals surface area contributed by atoms with Crippen LogP contribution in [0, 0.1) is 6.92 Å². The highest BCUT2D eigenvalue weighted by Gasteiger charge is 2.47. The summed E-state index contributed by atoms with van der Waals surface area (Å²) in [5, 5.41) is 40.5. The summed E-state index contributed by atoms with van der Waals surface area (Å²) in [6.07, 6.45) is 3.43. The molecular weight excluding hydrogens is 1210 g/mol. The molecule has 3 saturated heterocycles. The number of aromatic nitrogens is 1. The molecule has 2 aromatic carbocycles. The smallest absolute Gasteiger partial charge is 0.317 e. The van der Waals surface area contributed by atoms with Gasteiger partial charge in [0, 0.05) is 116 Å². The Morgan fingerprint density at radius 1 is 0.699 bits per heavy atom. The standard InChI is InChI=1S/C64H90F2N12O15/c1-44(2)53-37-64(65,66)43-78(53)56(81)38-69-61(89)48-18-20-67-50-17-16-47(35-49(48)50)93-34-8-21-72-30-32-77(33-31-72)63(91)52(36-60(88)92-4)71-62(90)51(10-5-6-19-68-54(79)11-7-9-46-14-12-45(3)13-15-46)70-55(80)39-73-22-24-74(40-57(82)83)26-28-76(42-59(86)87)29-27-75(25-23-73)41-58(84)85/h12-18,20,35,51-53H,1,5-11,19,21-34,36-43H2,2-4H3,(H,68,79)(H,69,89)(H,70,80)(H,71,90)(H,82,83)(H,84,85)(H,86,87)/t51-,52-,53+/m0/s1. The molecule has 0 radical (unpaired) electrons. The first-order chi connectivity index (χ1) is 44.3. The molecule has 93 heavy (non-hydrogen) atoms. The number of piperazine rings is 1. The van der Waals surface area contributed by atoms with E-state index in [0.29, 0.717) is 74.0 Å². The summed E-state index contributed by atoms with van der Waals surface area (Å²) < 4.78 is 39.5. The topological polar surface area (TPSA) is 334 Å². The number of carbonyl (C=O) groups is 10. The van der Waals surface area contributed by atoms with E-state index in [4.69, 9.17) is 9.47 Å². The molecule has 29 heteroatoms. The van der Waals surface area contributed by atoms with Crippen molar-refractivity contribution in [3.63, 3.8) is 0 Å². The second-order valence-electron chi connectivity index (χ2n) is 24.0. The van der Waals surface area contributed by atoms with Crippen LogP contribution in [0.4, 0.5) is 8.78 Å². The van der Waals surface area contributed by atoms with E-state index in [1.165, 1.54) is 17.2 Å². The minimum Gasteiger partial charge on any atom is -0.494 e. The average Bonchev–Trinajstić information content (AvgIpc) is 1.68. The van der Waals surface area contributed by atoms with Crippen LogP contribution in [0.25, 0.3) is 10.9 Å². The summed E-state index contributed by atoms with van der Waals surface area (Å²) in [5.74, 6) is -10.1. The molecule has 7 N–H and O–H groups in total. The van der Waals surface area contributed by atoms with Crippen molar-refractivity contribution in [1.82, 2.24) is 60.6 Å². The number of carbonyl (C=O) groups excluding carboxylic acids is 7. The molecule has 1 aromatic heterocycles. The van der Waals surface area contributed by atoms with Crippen LogP contribution in [0.1, 0.15) is 79.8 Å². The molecule has 0 bridgehead atoms. The fourth-order valence-corrected chi connectivity index (χ4v) is 11.4. The number of nitrogens with one attached hydrogen (secondary N) is 4. The van der Waals surface area contributed by atoms with Gasteiger partial charge in [0.15, 0.2) is 0 Å². The number of benzene rings is 2. The third-order valence-corrected chi connectivity index (χ3v) is 16.6. The highest BCUT2D eigenvalue weighted by molar-refractivity contribution is 6.07. The van der Waals surface area contributed by atoms with Crippen molar-refractivity contribution in [2.45, 2.75) is 95.7 Å². The number of halogens is 2. The highest BCUT2D eigenvalue weighted by atomic mass is 19.3. The zero-order valence-electron chi connectivity index (χ0n) is 53.4. The van der Waals surface area contributed by atoms with Crippen molar-refractivity contribution >= 4 is 70.2 Å². The van der Waals surface area contributed by atoms with E-state index in [1.807, 2.05) is 31.2 Å². The number of nitrogens with zero attached hydrogens (tertiary/aromatic N) is 8. The van der Waals surface area contributed by atoms with Gasteiger partial charge in [0.1, 0.15) is 17.8 Å². The second kappa shape index (κ2) is 36.9. The summed E-state index contributed by atoms with van der Waals surface area (Å²) >= 11 is 0. The zero-order valence-corrected chi connectivity index (χ0v) is 53.4. The van der Waals surface area contributed by atoms with E-state index in [0.717, 1.165) is 29.6 Å². The van der Waals surface area contributed by atoms with Crippen LogP contribution >= 0.6 is 0 Å². The first-order valence-corrected chi connectivity index (χ1v) is 31.5. The van der Waals surface area contributed by atoms with Gasteiger partial charge >= 0.3 is 23.9 Å². The van der Waals surface area contributed by atoms with E-state index in [2.05, 4.69) is 37.7 Å². The molecule has 510 valence electrons. The van der Waals surface area contributed by atoms with Crippen molar-refractivity contribution < 1.29 is 81.5 Å². The maximum Gasteiger partial charge on any atom is 0.317 e. The summed E-state index contributed by atoms with van der Waals surface area (Å²) in [4.78, 5) is 146. The fourth-order valence-electron chi connectivity index (χ4n) is 11.4. The first-order valence-electron chi connectivity index (χ1n) is 31.5. The predicted octanol–water partition coefficient (Wildman–Crippen LogP) is 1.32. The Morgan fingerprint density at radius 2 is 1.29 bits per heavy atom. The highest BCUT2D eigenvalue weighted by Crippen LogP contribution is 2.35. The van der Waals surface area contributed by atoms with Gasteiger partial charge in [-0.15, -0.1) is 0 Å². The van der Waals surface area contributed by atoms with E-state index in [1.54, 1.807) is 44.7 Å². The molecular formula is C64H90F2N12O15. The van der Waals surface area contributed by atoms with Gasteiger partial charge in [0.2, 0.25) is 29.5 Å². The van der Waals surface area contributed by atoms with Crippen LogP contribution in [0.3, 0.4) is 0 Å². The van der Waals surface area contributed by atoms with Crippen molar-refractivity contribution in [2.24, 2.45) is 0 Å². The molecule has 0 saturated carbocycles. The Morgan fingerprint density at radius 3 is 1.87 bits per heavy atom. The number of aryl methyl sites for hydroxylation is 2. The van der Waals surface area contributed by atoms with Crippen LogP contribution in [0.15, 0.2) is 66.9 Å². The number of ether oxygens (including phenoxy) is 2. The van der Waals surface area contributed by atoms with Crippen LogP contribution in [-0.2, 0) is 54.3 Å². The maximum atomic E-state index is 14.5. The van der Waals surface area contributed by atoms with Gasteiger partial charge in [-0.1, -0.05) is 42.0 Å². The van der Waals surface area contributed by atoms with E-state index < -0.39 is 103 Å². The first kappa shape index (κ1) is 73.8. The van der Waals surface area contributed by atoms with Crippen molar-refractivity contribution in [1.29, 1.82) is 0 Å². The lowest BCUT2D eigenvalue weighted by molar-refractivity contribution is -0.147. The molecule has 6 amide bonds. The third kappa shape index (κ3) is 25.3. The van der Waals surface area contributed by atoms with Crippen molar-refractivity contribution in [2.75, 3.05) is 145 Å². The molecule has 4 heterocycles. The SMILES string of the molecule is C=C(C)[C@H]1CC(F)(F)CN1C(=O)CNC(=O)c1ccnc2ccc(OCCCN3CCN(C(=O)[C@H](CC(=O)OC)NC(=O)[C@H](CCCCNC(=O)CCCc4ccc(C)cc4)NC(=O)CN4CCN(CC(=O)O)CCN(CC(=O)O)CCN(CC(=O)O)CC4)CC3)cc12. The lowest BCUT2D eigenvalue weighted by Crippen LogP contribution is -2.58. The number of unbranched alkanes of at least 4 members (excludes halogenated alkanes) is 1. The summed E-state index contributed by atoms with van der Waals surface area (Å²) in [6.45, 7) is 8.37. The molecule has 0 unspecified atom stereocenters. The largest absolute Gasteiger partial charge is 0.494 e. The lowest BCUT2D eigenvalue weighted by Gasteiger charge is -2.36. The number of likely N-dealkylation sites (tertiary alicyclic amines) is 1. The molecule has 0 aliphatic carbocycles. The quantitative estimate of drug-likeness (QED) is 0.0263. The third-order valence-electron chi connectivity index (χ3n) is 16.6. The molecule has 27 nitrogen and oxygen atoms in total. The van der Waals surface area contributed by atoms with Gasteiger partial charge in [-0.25, -0.2) is 8.78 Å². The molecule has 6 rings (SSSR count). The molecule has 3 aromatic rings. The maximum absolute atomic E-state index is 14.5. The van der Waals surface area contributed by atoms with Crippen molar-refractivity contribution in [3.05, 3.63) is 83.6 Å². The Hall–Kier alpha value is -8.25. The average molecular weight is 1310 g/mol. The lowest BCUT2D eigenvalue weighted by atomic mass is 10.1. The van der Waals surface area contributed by atoms with Crippen molar-refractivity contribution in [3.8, 4) is 5.75 Å². The Bertz CT molecular complexity index is 3050. The minimum atomic E-state index is -3.07. The molecule has 3 aliphatic rings.